The van der Waals surface area contributed by atoms with Crippen LogP contribution in [0.2, 0.25) is 0 Å². The zero-order valence-electron chi connectivity index (χ0n) is 18.4. The van der Waals surface area contributed by atoms with Crippen LogP contribution in [0, 0.1) is 0 Å². The standard InChI is InChI=1S/C26H30O4S/c1-4-10-26(27)30-31(23-11-8-7-9-12-23,24-17-13-21(14-18-24)28-5-2)25-19-15-22(16-20-25)29-6-3/h7-9,11-20H,4-6,10H2,1-3H3. The van der Waals surface area contributed by atoms with E-state index in [9.17, 15) is 4.79 Å². The second-order valence-electron chi connectivity index (χ2n) is 6.88. The number of hydrogen-bond donors (Lipinski definition) is 0. The third-order valence-electron chi connectivity index (χ3n) is 4.68. The van der Waals surface area contributed by atoms with Gasteiger partial charge in [-0.2, -0.15) is 0 Å². The van der Waals surface area contributed by atoms with Crippen molar-refractivity contribution in [2.45, 2.75) is 48.3 Å². The lowest BCUT2D eigenvalue weighted by Crippen LogP contribution is -2.13. The first-order valence-corrected chi connectivity index (χ1v) is 12.3. The van der Waals surface area contributed by atoms with Crippen molar-refractivity contribution in [1.29, 1.82) is 0 Å². The van der Waals surface area contributed by atoms with Crippen molar-refractivity contribution >= 4 is 16.3 Å². The summed E-state index contributed by atoms with van der Waals surface area (Å²) in [5, 5.41) is 0. The fourth-order valence-corrected chi connectivity index (χ4v) is 6.38. The first-order valence-electron chi connectivity index (χ1n) is 10.7. The van der Waals surface area contributed by atoms with Crippen LogP contribution in [0.25, 0.3) is 0 Å². The number of rotatable bonds is 10. The molecule has 0 atom stereocenters. The van der Waals surface area contributed by atoms with Crippen molar-refractivity contribution < 1.29 is 18.5 Å². The lowest BCUT2D eigenvalue weighted by Gasteiger charge is -2.40. The molecule has 0 radical (unpaired) electrons. The van der Waals surface area contributed by atoms with Gasteiger partial charge in [0.25, 0.3) is 0 Å². The van der Waals surface area contributed by atoms with Crippen LogP contribution in [-0.2, 0) is 8.98 Å². The Morgan fingerprint density at radius 3 is 1.55 bits per heavy atom. The van der Waals surface area contributed by atoms with Gasteiger partial charge in [0.1, 0.15) is 11.5 Å². The highest BCUT2D eigenvalue weighted by atomic mass is 32.3. The molecule has 4 nitrogen and oxygen atoms in total. The minimum atomic E-state index is -2.28. The molecule has 31 heavy (non-hydrogen) atoms. The molecule has 0 unspecified atom stereocenters. The quantitative estimate of drug-likeness (QED) is 0.341. The Balaban J connectivity index is 2.20. The van der Waals surface area contributed by atoms with Gasteiger partial charge in [-0.1, -0.05) is 25.1 Å². The largest absolute Gasteiger partial charge is 0.494 e. The van der Waals surface area contributed by atoms with E-state index in [4.69, 9.17) is 13.7 Å². The van der Waals surface area contributed by atoms with Gasteiger partial charge < -0.3 is 13.7 Å². The Morgan fingerprint density at radius 2 is 1.13 bits per heavy atom. The molecule has 0 bridgehead atoms. The maximum absolute atomic E-state index is 12.9. The molecule has 3 rings (SSSR count). The smallest absolute Gasteiger partial charge is 0.317 e. The van der Waals surface area contributed by atoms with E-state index >= 15 is 0 Å². The van der Waals surface area contributed by atoms with Crippen LogP contribution in [0.3, 0.4) is 0 Å². The summed E-state index contributed by atoms with van der Waals surface area (Å²) in [6.07, 6.45) is 1.10. The Kier molecular flexibility index (Phi) is 8.01. The molecule has 3 aromatic rings. The molecule has 0 saturated carbocycles. The summed E-state index contributed by atoms with van der Waals surface area (Å²) in [6, 6.07) is 25.7. The van der Waals surface area contributed by atoms with Crippen LogP contribution in [0.5, 0.6) is 11.5 Å². The minimum Gasteiger partial charge on any atom is -0.494 e. The third-order valence-corrected chi connectivity index (χ3v) is 7.92. The number of carbonyl (C=O) groups is 1. The van der Waals surface area contributed by atoms with E-state index in [1.165, 1.54) is 0 Å². The van der Waals surface area contributed by atoms with E-state index in [0.717, 1.165) is 32.6 Å². The van der Waals surface area contributed by atoms with Gasteiger partial charge in [0.05, 0.1) is 13.2 Å². The van der Waals surface area contributed by atoms with E-state index in [1.54, 1.807) is 0 Å². The van der Waals surface area contributed by atoms with Crippen LogP contribution >= 0.6 is 10.3 Å². The molecule has 164 valence electrons. The van der Waals surface area contributed by atoms with Gasteiger partial charge in [0, 0.05) is 21.1 Å². The summed E-state index contributed by atoms with van der Waals surface area (Å²) in [7, 11) is -2.28. The predicted molar refractivity (Wildman–Crippen MR) is 125 cm³/mol. The molecule has 0 fully saturated rings. The first kappa shape index (κ1) is 22.8. The van der Waals surface area contributed by atoms with Crippen molar-refractivity contribution in [2.24, 2.45) is 0 Å². The zero-order valence-corrected chi connectivity index (χ0v) is 19.2. The van der Waals surface area contributed by atoms with Gasteiger partial charge >= 0.3 is 5.97 Å². The van der Waals surface area contributed by atoms with E-state index in [0.29, 0.717) is 19.6 Å². The molecule has 0 aromatic heterocycles. The Morgan fingerprint density at radius 1 is 0.677 bits per heavy atom. The molecular weight excluding hydrogens is 408 g/mol. The summed E-state index contributed by atoms with van der Waals surface area (Å²) in [5.74, 6) is 1.38. The summed E-state index contributed by atoms with van der Waals surface area (Å²) in [5.41, 5.74) is 0. The molecule has 0 aliphatic rings. The zero-order chi connectivity index (χ0) is 22.1. The SMILES string of the molecule is CCCC(=O)OS(c1ccccc1)(c1ccc(OCC)cc1)c1ccc(OCC)cc1. The highest BCUT2D eigenvalue weighted by Gasteiger charge is 2.35. The second-order valence-corrected chi connectivity index (χ2v) is 9.58. The van der Waals surface area contributed by atoms with Crippen LogP contribution in [0.15, 0.2) is 93.5 Å². The fourth-order valence-electron chi connectivity index (χ4n) is 3.34. The normalized spacial score (nSPS) is 11.6. The van der Waals surface area contributed by atoms with Crippen molar-refractivity contribution in [3.05, 3.63) is 78.9 Å². The van der Waals surface area contributed by atoms with Gasteiger partial charge in [-0.25, -0.2) is 0 Å². The molecule has 0 spiro atoms. The third kappa shape index (κ3) is 5.23. The van der Waals surface area contributed by atoms with Crippen LogP contribution in [0.1, 0.15) is 33.6 Å². The Labute approximate surface area is 186 Å². The molecule has 0 saturated heterocycles. The molecule has 0 N–H and O–H groups in total. The average molecular weight is 439 g/mol. The Bertz CT molecular complexity index is 903. The van der Waals surface area contributed by atoms with E-state index < -0.39 is 10.3 Å². The molecule has 0 aliphatic carbocycles. The summed E-state index contributed by atoms with van der Waals surface area (Å²) < 4.78 is 17.7. The Hall–Kier alpha value is -2.92. The van der Waals surface area contributed by atoms with Crippen LogP contribution in [0.4, 0.5) is 0 Å². The fraction of sp³-hybridized carbons (Fsp3) is 0.269. The molecule has 0 amide bonds. The van der Waals surface area contributed by atoms with Crippen molar-refractivity contribution in [1.82, 2.24) is 0 Å². The minimum absolute atomic E-state index is 0.205. The van der Waals surface area contributed by atoms with Crippen molar-refractivity contribution in [2.75, 3.05) is 13.2 Å². The average Bonchev–Trinajstić information content (AvgIpc) is 2.80. The van der Waals surface area contributed by atoms with Crippen molar-refractivity contribution in [3.8, 4) is 11.5 Å². The molecule has 0 aliphatic heterocycles. The summed E-state index contributed by atoms with van der Waals surface area (Å²) >= 11 is 0. The van der Waals surface area contributed by atoms with Gasteiger partial charge in [-0.15, -0.1) is 0 Å². The first-order chi connectivity index (χ1) is 15.1. The lowest BCUT2D eigenvalue weighted by atomic mass is 10.3. The maximum atomic E-state index is 12.9. The lowest BCUT2D eigenvalue weighted by molar-refractivity contribution is -0.133. The highest BCUT2D eigenvalue weighted by molar-refractivity contribution is 8.30. The summed E-state index contributed by atoms with van der Waals surface area (Å²) in [6.45, 7) is 7.09. The van der Waals surface area contributed by atoms with Gasteiger partial charge in [-0.3, -0.25) is 4.79 Å². The number of hydrogen-bond acceptors (Lipinski definition) is 4. The van der Waals surface area contributed by atoms with Crippen LogP contribution in [-0.4, -0.2) is 19.2 Å². The summed E-state index contributed by atoms with van der Waals surface area (Å²) in [4.78, 5) is 15.7. The highest BCUT2D eigenvalue weighted by Crippen LogP contribution is 2.69. The topological polar surface area (TPSA) is 44.8 Å². The van der Waals surface area contributed by atoms with E-state index in [2.05, 4.69) is 0 Å². The van der Waals surface area contributed by atoms with Crippen LogP contribution < -0.4 is 9.47 Å². The number of ether oxygens (including phenoxy) is 2. The molecule has 3 aromatic carbocycles. The number of benzene rings is 3. The maximum Gasteiger partial charge on any atom is 0.317 e. The van der Waals surface area contributed by atoms with E-state index in [1.807, 2.05) is 99.6 Å². The monoisotopic (exact) mass is 438 g/mol. The van der Waals surface area contributed by atoms with Gasteiger partial charge in [0.2, 0.25) is 0 Å². The van der Waals surface area contributed by atoms with Gasteiger partial charge in [-0.05, 0) is 91.2 Å². The molecule has 5 heteroatoms. The molecule has 0 heterocycles. The van der Waals surface area contributed by atoms with Gasteiger partial charge in [0.15, 0.2) is 0 Å². The number of carbonyl (C=O) groups excluding carboxylic acids is 1. The predicted octanol–water partition coefficient (Wildman–Crippen LogP) is 7.02. The second kappa shape index (κ2) is 10.9. The van der Waals surface area contributed by atoms with Crippen molar-refractivity contribution in [3.63, 3.8) is 0 Å². The molecular formula is C26H30O4S. The van der Waals surface area contributed by atoms with E-state index in [-0.39, 0.29) is 5.97 Å².